The number of aromatic amines is 1. The third-order valence-electron chi connectivity index (χ3n) is 3.08. The number of hydrogen-bond acceptors (Lipinski definition) is 5. The molecule has 0 aliphatic carbocycles. The Bertz CT molecular complexity index is 841. The third-order valence-corrected chi connectivity index (χ3v) is 3.33. The second-order valence-corrected chi connectivity index (χ2v) is 5.25. The molecule has 0 atom stereocenters. The zero-order valence-electron chi connectivity index (χ0n) is 12.3. The van der Waals surface area contributed by atoms with Crippen molar-refractivity contribution in [3.8, 4) is 11.3 Å². The normalized spacial score (nSPS) is 10.4. The van der Waals surface area contributed by atoms with Gasteiger partial charge in [-0.05, 0) is 36.4 Å². The fourth-order valence-corrected chi connectivity index (χ4v) is 2.05. The maximum atomic E-state index is 11.9. The largest absolute Gasteiger partial charge is 0.472 e. The van der Waals surface area contributed by atoms with Gasteiger partial charge >= 0.3 is 5.97 Å². The number of anilines is 1. The zero-order chi connectivity index (χ0) is 16.9. The van der Waals surface area contributed by atoms with Gasteiger partial charge in [-0.25, -0.2) is 4.79 Å². The van der Waals surface area contributed by atoms with Crippen molar-refractivity contribution in [3.63, 3.8) is 0 Å². The number of carbonyl (C=O) groups excluding carboxylic acids is 2. The van der Waals surface area contributed by atoms with Crippen molar-refractivity contribution in [3.05, 3.63) is 59.6 Å². The van der Waals surface area contributed by atoms with Gasteiger partial charge in [-0.15, -0.1) is 0 Å². The monoisotopic (exact) mass is 345 g/mol. The van der Waals surface area contributed by atoms with Crippen molar-refractivity contribution in [2.24, 2.45) is 0 Å². The summed E-state index contributed by atoms with van der Waals surface area (Å²) >= 11 is 5.76. The highest BCUT2D eigenvalue weighted by Gasteiger charge is 2.14. The summed E-state index contributed by atoms with van der Waals surface area (Å²) < 4.78 is 9.90. The summed E-state index contributed by atoms with van der Waals surface area (Å²) in [7, 11) is 0. The second kappa shape index (κ2) is 7.01. The summed E-state index contributed by atoms with van der Waals surface area (Å²) in [5.41, 5.74) is 1.97. The van der Waals surface area contributed by atoms with Crippen LogP contribution < -0.4 is 5.32 Å². The Kier molecular flexibility index (Phi) is 4.62. The van der Waals surface area contributed by atoms with Gasteiger partial charge in [0.25, 0.3) is 5.91 Å². The molecule has 24 heavy (non-hydrogen) atoms. The number of nitrogens with zero attached hydrogens (tertiary/aromatic N) is 1. The Morgan fingerprint density at radius 1 is 1.25 bits per heavy atom. The molecule has 0 bridgehead atoms. The van der Waals surface area contributed by atoms with Crippen LogP contribution in [0.3, 0.4) is 0 Å². The van der Waals surface area contributed by atoms with Crippen LogP contribution in [0.25, 0.3) is 11.3 Å². The maximum Gasteiger partial charge on any atom is 0.356 e. The minimum absolute atomic E-state index is 0.144. The molecule has 2 heterocycles. The molecule has 0 saturated heterocycles. The van der Waals surface area contributed by atoms with Crippen molar-refractivity contribution in [2.45, 2.75) is 0 Å². The molecule has 3 rings (SSSR count). The summed E-state index contributed by atoms with van der Waals surface area (Å²) in [6.45, 7) is -0.415. The second-order valence-electron chi connectivity index (χ2n) is 4.81. The summed E-state index contributed by atoms with van der Waals surface area (Å²) in [5, 5.41) is 9.70. The van der Waals surface area contributed by atoms with Crippen LogP contribution in [0, 0.1) is 0 Å². The van der Waals surface area contributed by atoms with Crippen LogP contribution in [0.2, 0.25) is 5.02 Å². The molecule has 0 aliphatic rings. The predicted octanol–water partition coefficient (Wildman–Crippen LogP) is 3.12. The number of H-pyrrole nitrogens is 1. The summed E-state index contributed by atoms with van der Waals surface area (Å²) in [4.78, 5) is 23.7. The van der Waals surface area contributed by atoms with E-state index < -0.39 is 18.5 Å². The summed E-state index contributed by atoms with van der Waals surface area (Å²) in [6, 6.07) is 9.81. The molecule has 0 radical (unpaired) electrons. The lowest BCUT2D eigenvalue weighted by Crippen LogP contribution is -2.21. The smallest absolute Gasteiger partial charge is 0.356 e. The molecular formula is C16H12ClN3O4. The number of ether oxygens (including phenoxy) is 1. The highest BCUT2D eigenvalue weighted by atomic mass is 35.5. The first kappa shape index (κ1) is 15.8. The molecule has 2 N–H and O–H groups in total. The molecule has 122 valence electrons. The molecule has 3 aromatic rings. The maximum absolute atomic E-state index is 11.9. The fourth-order valence-electron chi connectivity index (χ4n) is 1.92. The van der Waals surface area contributed by atoms with Crippen molar-refractivity contribution in [1.29, 1.82) is 0 Å². The van der Waals surface area contributed by atoms with Gasteiger partial charge in [-0.3, -0.25) is 9.89 Å². The van der Waals surface area contributed by atoms with Crippen LogP contribution in [0.15, 0.2) is 53.3 Å². The lowest BCUT2D eigenvalue weighted by Gasteiger charge is -2.05. The van der Waals surface area contributed by atoms with Crippen LogP contribution in [0.1, 0.15) is 10.5 Å². The van der Waals surface area contributed by atoms with E-state index in [0.29, 0.717) is 16.4 Å². The van der Waals surface area contributed by atoms with Crippen LogP contribution in [-0.4, -0.2) is 28.7 Å². The molecule has 7 nitrogen and oxygen atoms in total. The molecule has 1 aromatic carbocycles. The van der Waals surface area contributed by atoms with E-state index in [1.165, 1.54) is 18.6 Å². The van der Waals surface area contributed by atoms with Gasteiger partial charge in [0.2, 0.25) is 0 Å². The molecule has 0 unspecified atom stereocenters. The molecular weight excluding hydrogens is 334 g/mol. The third kappa shape index (κ3) is 3.82. The fraction of sp³-hybridized carbons (Fsp3) is 0.0625. The van der Waals surface area contributed by atoms with E-state index in [2.05, 4.69) is 15.5 Å². The van der Waals surface area contributed by atoms with Gasteiger partial charge in [-0.2, -0.15) is 5.10 Å². The van der Waals surface area contributed by atoms with Crippen molar-refractivity contribution >= 4 is 29.2 Å². The molecule has 8 heteroatoms. The van der Waals surface area contributed by atoms with Gasteiger partial charge in [0, 0.05) is 16.3 Å². The van der Waals surface area contributed by atoms with Crippen molar-refractivity contribution in [2.75, 3.05) is 11.9 Å². The van der Waals surface area contributed by atoms with Crippen molar-refractivity contribution < 1.29 is 18.7 Å². The van der Waals surface area contributed by atoms with Gasteiger partial charge in [0.15, 0.2) is 6.61 Å². The number of nitrogens with one attached hydrogen (secondary N) is 2. The van der Waals surface area contributed by atoms with Crippen molar-refractivity contribution in [1.82, 2.24) is 10.2 Å². The average Bonchev–Trinajstić information content (AvgIpc) is 3.25. The van der Waals surface area contributed by atoms with Crippen LogP contribution in [-0.2, 0) is 9.53 Å². The number of carbonyl (C=O) groups is 2. The zero-order valence-corrected chi connectivity index (χ0v) is 13.0. The Morgan fingerprint density at radius 2 is 2.04 bits per heavy atom. The first-order valence-electron chi connectivity index (χ1n) is 6.92. The SMILES string of the molecule is O=C(COC(=O)c1cc(-c2ccoc2)n[nH]1)Nc1ccc(Cl)cc1. The highest BCUT2D eigenvalue weighted by Crippen LogP contribution is 2.18. The highest BCUT2D eigenvalue weighted by molar-refractivity contribution is 6.30. The standard InChI is InChI=1S/C16H12ClN3O4/c17-11-1-3-12(4-2-11)18-15(21)9-24-16(22)14-7-13(19-20-14)10-5-6-23-8-10/h1-8H,9H2,(H,18,21)(H,19,20). The molecule has 2 aromatic heterocycles. The number of amides is 1. The number of benzene rings is 1. The molecule has 0 fully saturated rings. The number of furan rings is 1. The number of halogens is 1. The van der Waals surface area contributed by atoms with Gasteiger partial charge in [-0.1, -0.05) is 11.6 Å². The first-order valence-corrected chi connectivity index (χ1v) is 7.30. The first-order chi connectivity index (χ1) is 11.6. The Labute approximate surface area is 141 Å². The summed E-state index contributed by atoms with van der Waals surface area (Å²) in [5.74, 6) is -1.14. The molecule has 1 amide bonds. The quantitative estimate of drug-likeness (QED) is 0.692. The van der Waals surface area contributed by atoms with Crippen LogP contribution in [0.4, 0.5) is 5.69 Å². The number of esters is 1. The van der Waals surface area contributed by atoms with E-state index in [0.717, 1.165) is 5.56 Å². The molecule has 0 spiro atoms. The van der Waals surface area contributed by atoms with Crippen LogP contribution in [0.5, 0.6) is 0 Å². The van der Waals surface area contributed by atoms with E-state index in [1.807, 2.05) is 0 Å². The van der Waals surface area contributed by atoms with E-state index in [1.54, 1.807) is 30.3 Å². The number of hydrogen-bond donors (Lipinski definition) is 2. The Hall–Kier alpha value is -3.06. The van der Waals surface area contributed by atoms with E-state index in [4.69, 9.17) is 20.8 Å². The van der Waals surface area contributed by atoms with E-state index in [9.17, 15) is 9.59 Å². The lowest BCUT2D eigenvalue weighted by atomic mass is 10.2. The molecule has 0 aliphatic heterocycles. The minimum atomic E-state index is -0.677. The Morgan fingerprint density at radius 3 is 2.75 bits per heavy atom. The minimum Gasteiger partial charge on any atom is -0.472 e. The van der Waals surface area contributed by atoms with Gasteiger partial charge in [0.05, 0.1) is 18.2 Å². The number of aromatic nitrogens is 2. The van der Waals surface area contributed by atoms with E-state index in [-0.39, 0.29) is 5.69 Å². The molecule has 0 saturated carbocycles. The topological polar surface area (TPSA) is 97.2 Å². The number of rotatable bonds is 5. The van der Waals surface area contributed by atoms with E-state index >= 15 is 0 Å². The predicted molar refractivity (Wildman–Crippen MR) is 86.7 cm³/mol. The Balaban J connectivity index is 1.53. The van der Waals surface area contributed by atoms with Gasteiger partial charge in [0.1, 0.15) is 5.69 Å². The lowest BCUT2D eigenvalue weighted by molar-refractivity contribution is -0.119. The van der Waals surface area contributed by atoms with Gasteiger partial charge < -0.3 is 14.5 Å². The average molecular weight is 346 g/mol. The van der Waals surface area contributed by atoms with Crippen LogP contribution >= 0.6 is 11.6 Å². The summed E-state index contributed by atoms with van der Waals surface area (Å²) in [6.07, 6.45) is 3.01.